The molecular weight excluding hydrogens is 248 g/mol. The molecule has 0 aliphatic carbocycles. The fraction of sp³-hybridized carbons (Fsp3) is 0.231. The lowest BCUT2D eigenvalue weighted by molar-refractivity contribution is 0.0970. The van der Waals surface area contributed by atoms with Gasteiger partial charge in [-0.15, -0.1) is 0 Å². The van der Waals surface area contributed by atoms with Gasteiger partial charge in [-0.2, -0.15) is 0 Å². The van der Waals surface area contributed by atoms with Gasteiger partial charge < -0.3 is 14.0 Å². The first-order chi connectivity index (χ1) is 9.15. The van der Waals surface area contributed by atoms with Gasteiger partial charge in [-0.1, -0.05) is 0 Å². The summed E-state index contributed by atoms with van der Waals surface area (Å²) >= 11 is 0. The van der Waals surface area contributed by atoms with Crippen LogP contribution < -0.4 is 15.2 Å². The lowest BCUT2D eigenvalue weighted by atomic mass is 10.1. The van der Waals surface area contributed by atoms with Crippen LogP contribution in [0.25, 0.3) is 0 Å². The quantitative estimate of drug-likeness (QED) is 0.766. The number of benzene rings is 1. The summed E-state index contributed by atoms with van der Waals surface area (Å²) in [5.41, 5.74) is 0.286. The number of hydrogen-bond acceptors (Lipinski definition) is 4. The molecule has 1 aromatic heterocycles. The molecule has 2 heterocycles. The highest BCUT2D eigenvalue weighted by molar-refractivity contribution is 5.96. The molecule has 6 nitrogen and oxygen atoms in total. The number of ketones is 1. The molecule has 1 aliphatic rings. The molecule has 2 aromatic rings. The van der Waals surface area contributed by atoms with Crippen LogP contribution in [0, 0.1) is 0 Å². The van der Waals surface area contributed by atoms with Crippen molar-refractivity contribution in [3.05, 3.63) is 46.6 Å². The first-order valence-electron chi connectivity index (χ1n) is 5.80. The zero-order chi connectivity index (χ0) is 13.4. The van der Waals surface area contributed by atoms with Gasteiger partial charge in [0, 0.05) is 25.0 Å². The molecule has 6 heteroatoms. The zero-order valence-corrected chi connectivity index (χ0v) is 10.3. The van der Waals surface area contributed by atoms with Crippen molar-refractivity contribution in [2.75, 3.05) is 6.79 Å². The molecule has 0 N–H and O–H groups in total. The molecule has 0 fully saturated rings. The molecule has 0 radical (unpaired) electrons. The molecule has 98 valence electrons. The Hall–Kier alpha value is -2.50. The Kier molecular flexibility index (Phi) is 2.63. The van der Waals surface area contributed by atoms with Crippen LogP contribution in [-0.2, 0) is 13.6 Å². The largest absolute Gasteiger partial charge is 0.454 e. The summed E-state index contributed by atoms with van der Waals surface area (Å²) < 4.78 is 13.2. The van der Waals surface area contributed by atoms with E-state index >= 15 is 0 Å². The van der Waals surface area contributed by atoms with Crippen molar-refractivity contribution in [1.82, 2.24) is 9.13 Å². The lowest BCUT2D eigenvalue weighted by Crippen LogP contribution is -2.25. The van der Waals surface area contributed by atoms with Crippen LogP contribution in [0.5, 0.6) is 11.5 Å². The SMILES string of the molecule is Cn1ccn(CC(=O)c2ccc3c(c2)OCO3)c1=O. The molecule has 0 saturated carbocycles. The molecule has 0 amide bonds. The molecule has 0 saturated heterocycles. The van der Waals surface area contributed by atoms with Crippen LogP contribution in [-0.4, -0.2) is 21.7 Å². The van der Waals surface area contributed by atoms with Gasteiger partial charge in [0.25, 0.3) is 0 Å². The Morgan fingerprint density at radius 3 is 2.79 bits per heavy atom. The first-order valence-corrected chi connectivity index (χ1v) is 5.80. The van der Waals surface area contributed by atoms with Gasteiger partial charge in [0.1, 0.15) is 0 Å². The monoisotopic (exact) mass is 260 g/mol. The van der Waals surface area contributed by atoms with Crippen LogP contribution in [0.2, 0.25) is 0 Å². The van der Waals surface area contributed by atoms with Crippen molar-refractivity contribution >= 4 is 5.78 Å². The minimum Gasteiger partial charge on any atom is -0.454 e. The van der Waals surface area contributed by atoms with E-state index in [4.69, 9.17) is 9.47 Å². The molecule has 1 aliphatic heterocycles. The number of carbonyl (C=O) groups excluding carboxylic acids is 1. The maximum Gasteiger partial charge on any atom is 0.328 e. The Bertz CT molecular complexity index is 699. The van der Waals surface area contributed by atoms with Gasteiger partial charge in [-0.05, 0) is 18.2 Å². The number of imidazole rings is 1. The number of fused-ring (bicyclic) bond motifs is 1. The van der Waals surface area contributed by atoms with E-state index in [0.29, 0.717) is 17.1 Å². The summed E-state index contributed by atoms with van der Waals surface area (Å²) in [4.78, 5) is 23.8. The van der Waals surface area contributed by atoms with Crippen LogP contribution in [0.1, 0.15) is 10.4 Å². The second kappa shape index (κ2) is 4.31. The minimum absolute atomic E-state index is 0.0132. The lowest BCUT2D eigenvalue weighted by Gasteiger charge is -2.03. The number of rotatable bonds is 3. The Balaban J connectivity index is 1.85. The molecule has 0 atom stereocenters. The minimum atomic E-state index is -0.214. The van der Waals surface area contributed by atoms with Crippen LogP contribution >= 0.6 is 0 Å². The average Bonchev–Trinajstić information content (AvgIpc) is 2.99. The molecule has 0 spiro atoms. The van der Waals surface area contributed by atoms with Crippen LogP contribution in [0.4, 0.5) is 0 Å². The summed E-state index contributed by atoms with van der Waals surface area (Å²) in [6.07, 6.45) is 3.21. The van der Waals surface area contributed by atoms with E-state index in [0.717, 1.165) is 0 Å². The first kappa shape index (κ1) is 11.6. The van der Waals surface area contributed by atoms with Crippen molar-refractivity contribution in [1.29, 1.82) is 0 Å². The van der Waals surface area contributed by atoms with Crippen LogP contribution in [0.15, 0.2) is 35.4 Å². The van der Waals surface area contributed by atoms with E-state index in [1.165, 1.54) is 9.13 Å². The maximum atomic E-state index is 12.1. The topological polar surface area (TPSA) is 62.5 Å². The number of ether oxygens (including phenoxy) is 2. The Morgan fingerprint density at radius 2 is 2.05 bits per heavy atom. The summed E-state index contributed by atoms with van der Waals surface area (Å²) in [6, 6.07) is 5.01. The molecular formula is C13H12N2O4. The summed E-state index contributed by atoms with van der Waals surface area (Å²) in [5.74, 6) is 1.05. The third-order valence-electron chi connectivity index (χ3n) is 3.03. The molecule has 0 bridgehead atoms. The highest BCUT2D eigenvalue weighted by Gasteiger charge is 2.16. The second-order valence-electron chi connectivity index (χ2n) is 4.31. The number of aryl methyl sites for hydroxylation is 1. The van der Waals surface area contributed by atoms with Crippen molar-refractivity contribution in [2.24, 2.45) is 7.05 Å². The third kappa shape index (κ3) is 2.01. The summed E-state index contributed by atoms with van der Waals surface area (Å²) in [7, 11) is 1.64. The van der Waals surface area contributed by atoms with E-state index in [2.05, 4.69) is 0 Å². The fourth-order valence-electron chi connectivity index (χ4n) is 1.95. The number of aromatic nitrogens is 2. The van der Waals surface area contributed by atoms with Crippen LogP contribution in [0.3, 0.4) is 0 Å². The number of hydrogen-bond donors (Lipinski definition) is 0. The van der Waals surface area contributed by atoms with Gasteiger partial charge in [-0.3, -0.25) is 9.36 Å². The predicted octanol–water partition coefficient (Wildman–Crippen LogP) is 0.798. The Labute approximate surface area is 108 Å². The molecule has 1 aromatic carbocycles. The fourth-order valence-corrected chi connectivity index (χ4v) is 1.95. The van der Waals surface area contributed by atoms with Gasteiger partial charge in [0.15, 0.2) is 17.3 Å². The predicted molar refractivity (Wildman–Crippen MR) is 66.6 cm³/mol. The van der Waals surface area contributed by atoms with E-state index in [9.17, 15) is 9.59 Å². The van der Waals surface area contributed by atoms with Crippen molar-refractivity contribution in [2.45, 2.75) is 6.54 Å². The highest BCUT2D eigenvalue weighted by Crippen LogP contribution is 2.32. The number of Topliss-reactive ketones (excluding diaryl/α,β-unsaturated/α-hetero) is 1. The summed E-state index contributed by atoms with van der Waals surface area (Å²) in [6.45, 7) is 0.185. The highest BCUT2D eigenvalue weighted by atomic mass is 16.7. The van der Waals surface area contributed by atoms with Crippen molar-refractivity contribution < 1.29 is 14.3 Å². The van der Waals surface area contributed by atoms with Crippen molar-refractivity contribution in [3.8, 4) is 11.5 Å². The van der Waals surface area contributed by atoms with E-state index in [1.807, 2.05) is 0 Å². The van der Waals surface area contributed by atoms with Gasteiger partial charge in [0.2, 0.25) is 6.79 Å². The van der Waals surface area contributed by atoms with Gasteiger partial charge in [-0.25, -0.2) is 4.79 Å². The average molecular weight is 260 g/mol. The van der Waals surface area contributed by atoms with E-state index in [1.54, 1.807) is 37.6 Å². The number of nitrogens with zero attached hydrogens (tertiary/aromatic N) is 2. The van der Waals surface area contributed by atoms with E-state index < -0.39 is 0 Å². The standard InChI is InChI=1S/C13H12N2O4/c1-14-4-5-15(13(14)17)7-10(16)9-2-3-11-12(6-9)19-8-18-11/h2-6H,7-8H2,1H3. The van der Waals surface area contributed by atoms with Crippen molar-refractivity contribution in [3.63, 3.8) is 0 Å². The second-order valence-corrected chi connectivity index (χ2v) is 4.31. The Morgan fingerprint density at radius 1 is 1.26 bits per heavy atom. The molecule has 0 unspecified atom stereocenters. The maximum absolute atomic E-state index is 12.1. The van der Waals surface area contributed by atoms with Gasteiger partial charge >= 0.3 is 5.69 Å². The zero-order valence-electron chi connectivity index (χ0n) is 10.3. The van der Waals surface area contributed by atoms with E-state index in [-0.39, 0.29) is 24.8 Å². The smallest absolute Gasteiger partial charge is 0.328 e. The summed E-state index contributed by atoms with van der Waals surface area (Å²) in [5, 5.41) is 0. The normalized spacial score (nSPS) is 12.7. The number of carbonyl (C=O) groups is 1. The van der Waals surface area contributed by atoms with Gasteiger partial charge in [0.05, 0.1) is 6.54 Å². The third-order valence-corrected chi connectivity index (χ3v) is 3.03. The molecule has 3 rings (SSSR count). The molecule has 19 heavy (non-hydrogen) atoms.